The molecular weight excluding hydrogens is 372 g/mol. The average molecular weight is 395 g/mol. The summed E-state index contributed by atoms with van der Waals surface area (Å²) in [5, 5.41) is 6.82. The van der Waals surface area contributed by atoms with Crippen LogP contribution in [0.2, 0.25) is 5.02 Å². The Balaban J connectivity index is 1.57. The third kappa shape index (κ3) is 5.79. The molecule has 0 unspecified atom stereocenters. The van der Waals surface area contributed by atoms with Crippen molar-refractivity contribution in [2.45, 2.75) is 26.8 Å². The van der Waals surface area contributed by atoms with Crippen LogP contribution < -0.4 is 10.6 Å². The topological polar surface area (TPSA) is 66.9 Å². The van der Waals surface area contributed by atoms with Gasteiger partial charge in [-0.2, -0.15) is 0 Å². The standard InChI is InChI=1S/C22H23ClN4O/c1-15-3-5-18(6-4-15)14-25-21(28)20-13-16(2)26-22(27-20)24-12-11-17-7-9-19(23)10-8-17/h3-10,13H,11-12,14H2,1-2H3,(H,25,28)(H,24,26,27). The average Bonchev–Trinajstić information content (AvgIpc) is 2.68. The number of aromatic nitrogens is 2. The van der Waals surface area contributed by atoms with Crippen LogP contribution in [0.5, 0.6) is 0 Å². The predicted octanol–water partition coefficient (Wildman–Crippen LogP) is 4.33. The molecule has 0 fully saturated rings. The van der Waals surface area contributed by atoms with Crippen molar-refractivity contribution in [2.75, 3.05) is 11.9 Å². The SMILES string of the molecule is Cc1ccc(CNC(=O)c2cc(C)nc(NCCc3ccc(Cl)cc3)n2)cc1. The molecule has 2 N–H and O–H groups in total. The van der Waals surface area contributed by atoms with Crippen LogP contribution in [-0.2, 0) is 13.0 Å². The molecule has 1 aromatic heterocycles. The van der Waals surface area contributed by atoms with Gasteiger partial charge in [-0.15, -0.1) is 0 Å². The van der Waals surface area contributed by atoms with Crippen LogP contribution in [0.25, 0.3) is 0 Å². The molecule has 0 spiro atoms. The molecule has 0 aliphatic heterocycles. The van der Waals surface area contributed by atoms with Crippen molar-refractivity contribution in [3.63, 3.8) is 0 Å². The molecule has 0 aliphatic carbocycles. The summed E-state index contributed by atoms with van der Waals surface area (Å²) in [7, 11) is 0. The van der Waals surface area contributed by atoms with E-state index >= 15 is 0 Å². The number of halogens is 1. The van der Waals surface area contributed by atoms with E-state index in [0.717, 1.165) is 22.7 Å². The highest BCUT2D eigenvalue weighted by molar-refractivity contribution is 6.30. The fraction of sp³-hybridized carbons (Fsp3) is 0.227. The predicted molar refractivity (Wildman–Crippen MR) is 113 cm³/mol. The molecule has 1 amide bonds. The highest BCUT2D eigenvalue weighted by atomic mass is 35.5. The van der Waals surface area contributed by atoms with E-state index in [1.807, 2.05) is 62.4 Å². The summed E-state index contributed by atoms with van der Waals surface area (Å²) >= 11 is 5.90. The molecule has 0 bridgehead atoms. The lowest BCUT2D eigenvalue weighted by molar-refractivity contribution is 0.0945. The lowest BCUT2D eigenvalue weighted by Crippen LogP contribution is -2.24. The molecule has 3 aromatic rings. The van der Waals surface area contributed by atoms with Crippen molar-refractivity contribution >= 4 is 23.5 Å². The largest absolute Gasteiger partial charge is 0.354 e. The van der Waals surface area contributed by atoms with Crippen LogP contribution in [0.1, 0.15) is 32.9 Å². The minimum absolute atomic E-state index is 0.216. The van der Waals surface area contributed by atoms with E-state index in [9.17, 15) is 4.79 Å². The van der Waals surface area contributed by atoms with Gasteiger partial charge in [0.1, 0.15) is 5.69 Å². The first-order chi connectivity index (χ1) is 13.5. The number of amides is 1. The van der Waals surface area contributed by atoms with Crippen LogP contribution in [-0.4, -0.2) is 22.4 Å². The highest BCUT2D eigenvalue weighted by Crippen LogP contribution is 2.11. The van der Waals surface area contributed by atoms with E-state index in [0.29, 0.717) is 24.7 Å². The summed E-state index contributed by atoms with van der Waals surface area (Å²) in [6, 6.07) is 17.5. The van der Waals surface area contributed by atoms with Gasteiger partial charge in [0.05, 0.1) is 0 Å². The Morgan fingerprint density at radius 1 is 0.964 bits per heavy atom. The van der Waals surface area contributed by atoms with Gasteiger partial charge in [-0.05, 0) is 49.6 Å². The number of carbonyl (C=O) groups excluding carboxylic acids is 1. The molecule has 0 saturated carbocycles. The molecule has 2 aromatic carbocycles. The molecule has 144 valence electrons. The number of nitrogens with one attached hydrogen (secondary N) is 2. The summed E-state index contributed by atoms with van der Waals surface area (Å²) in [4.78, 5) is 21.2. The molecule has 3 rings (SSSR count). The van der Waals surface area contributed by atoms with Crippen molar-refractivity contribution in [1.82, 2.24) is 15.3 Å². The van der Waals surface area contributed by atoms with Gasteiger partial charge in [0.15, 0.2) is 0 Å². The van der Waals surface area contributed by atoms with Crippen molar-refractivity contribution in [2.24, 2.45) is 0 Å². The van der Waals surface area contributed by atoms with Crippen molar-refractivity contribution in [1.29, 1.82) is 0 Å². The molecule has 0 radical (unpaired) electrons. The lowest BCUT2D eigenvalue weighted by Gasteiger charge is -2.09. The molecule has 0 aliphatic rings. The van der Waals surface area contributed by atoms with Crippen molar-refractivity contribution in [3.8, 4) is 0 Å². The molecule has 0 atom stereocenters. The van der Waals surface area contributed by atoms with Gasteiger partial charge < -0.3 is 10.6 Å². The number of hydrogen-bond acceptors (Lipinski definition) is 4. The van der Waals surface area contributed by atoms with Crippen LogP contribution in [0.4, 0.5) is 5.95 Å². The Kier molecular flexibility index (Phi) is 6.61. The van der Waals surface area contributed by atoms with E-state index in [4.69, 9.17) is 11.6 Å². The van der Waals surface area contributed by atoms with E-state index in [2.05, 4.69) is 20.6 Å². The number of aryl methyl sites for hydroxylation is 2. The minimum atomic E-state index is -0.216. The van der Waals surface area contributed by atoms with Crippen LogP contribution in [0.3, 0.4) is 0 Å². The Hall–Kier alpha value is -2.92. The first-order valence-corrected chi connectivity index (χ1v) is 9.55. The Labute approximate surface area is 170 Å². The second-order valence-corrected chi connectivity index (χ2v) is 7.13. The molecule has 6 heteroatoms. The zero-order valence-electron chi connectivity index (χ0n) is 16.0. The smallest absolute Gasteiger partial charge is 0.270 e. The summed E-state index contributed by atoms with van der Waals surface area (Å²) in [5.41, 5.74) is 4.50. The summed E-state index contributed by atoms with van der Waals surface area (Å²) in [6.45, 7) is 5.01. The zero-order chi connectivity index (χ0) is 19.9. The maximum atomic E-state index is 12.5. The maximum Gasteiger partial charge on any atom is 0.270 e. The normalized spacial score (nSPS) is 10.5. The van der Waals surface area contributed by atoms with E-state index in [-0.39, 0.29) is 5.91 Å². The second kappa shape index (κ2) is 9.33. The van der Waals surface area contributed by atoms with E-state index < -0.39 is 0 Å². The molecule has 5 nitrogen and oxygen atoms in total. The second-order valence-electron chi connectivity index (χ2n) is 6.69. The highest BCUT2D eigenvalue weighted by Gasteiger charge is 2.10. The number of rotatable bonds is 7. The quantitative estimate of drug-likeness (QED) is 0.625. The number of hydrogen-bond donors (Lipinski definition) is 2. The first kappa shape index (κ1) is 19.8. The Morgan fingerprint density at radius 2 is 1.64 bits per heavy atom. The summed E-state index contributed by atoms with van der Waals surface area (Å²) in [5.74, 6) is 0.237. The van der Waals surface area contributed by atoms with Gasteiger partial charge in [0.2, 0.25) is 5.95 Å². The molecular formula is C22H23ClN4O. The Bertz CT molecular complexity index is 940. The Morgan fingerprint density at radius 3 is 2.36 bits per heavy atom. The fourth-order valence-electron chi connectivity index (χ4n) is 2.71. The monoisotopic (exact) mass is 394 g/mol. The van der Waals surface area contributed by atoms with Crippen LogP contribution in [0, 0.1) is 13.8 Å². The summed E-state index contributed by atoms with van der Waals surface area (Å²) < 4.78 is 0. The zero-order valence-corrected chi connectivity index (χ0v) is 16.8. The third-order valence-corrected chi connectivity index (χ3v) is 4.52. The summed E-state index contributed by atoms with van der Waals surface area (Å²) in [6.07, 6.45) is 0.809. The van der Waals surface area contributed by atoms with Crippen molar-refractivity contribution in [3.05, 3.63) is 87.7 Å². The molecule has 28 heavy (non-hydrogen) atoms. The number of benzene rings is 2. The maximum absolute atomic E-state index is 12.5. The van der Waals surface area contributed by atoms with Crippen molar-refractivity contribution < 1.29 is 4.79 Å². The van der Waals surface area contributed by atoms with Crippen LogP contribution in [0.15, 0.2) is 54.6 Å². The van der Waals surface area contributed by atoms with E-state index in [1.54, 1.807) is 6.07 Å². The van der Waals surface area contributed by atoms with Gasteiger partial charge in [-0.3, -0.25) is 4.79 Å². The van der Waals surface area contributed by atoms with E-state index in [1.165, 1.54) is 11.1 Å². The number of carbonyl (C=O) groups is 1. The van der Waals surface area contributed by atoms with Gasteiger partial charge in [-0.1, -0.05) is 53.6 Å². The fourth-order valence-corrected chi connectivity index (χ4v) is 2.84. The van der Waals surface area contributed by atoms with Crippen LogP contribution >= 0.6 is 11.6 Å². The van der Waals surface area contributed by atoms with Gasteiger partial charge in [0.25, 0.3) is 5.91 Å². The van der Waals surface area contributed by atoms with Gasteiger partial charge in [-0.25, -0.2) is 9.97 Å². The minimum Gasteiger partial charge on any atom is -0.354 e. The molecule has 0 saturated heterocycles. The number of nitrogens with zero attached hydrogens (tertiary/aromatic N) is 2. The third-order valence-electron chi connectivity index (χ3n) is 4.27. The van der Waals surface area contributed by atoms with Gasteiger partial charge >= 0.3 is 0 Å². The first-order valence-electron chi connectivity index (χ1n) is 9.17. The lowest BCUT2D eigenvalue weighted by atomic mass is 10.1. The van der Waals surface area contributed by atoms with Gasteiger partial charge in [0, 0.05) is 23.8 Å². The number of anilines is 1. The molecule has 1 heterocycles.